The van der Waals surface area contributed by atoms with Crippen LogP contribution in [0.2, 0.25) is 0 Å². The molecule has 0 unspecified atom stereocenters. The first-order chi connectivity index (χ1) is 18.2. The van der Waals surface area contributed by atoms with Gasteiger partial charge in [-0.25, -0.2) is 46.4 Å². The molecule has 0 aliphatic rings. The average Bonchev–Trinajstić information content (AvgIpc) is 3.53. The van der Waals surface area contributed by atoms with Crippen molar-refractivity contribution >= 4 is 86.7 Å². The molecule has 180 valence electrons. The van der Waals surface area contributed by atoms with E-state index < -0.39 is 98.9 Å². The summed E-state index contributed by atoms with van der Waals surface area (Å²) in [6.07, 6.45) is 0. The third kappa shape index (κ3) is 2.63. The normalized spacial score (nSPS) is 12.3. The molecule has 0 aliphatic heterocycles. The van der Waals surface area contributed by atoms with Crippen molar-refractivity contribution in [3.05, 3.63) is 55.6 Å². The number of hydrogen-bond donors (Lipinski definition) is 0. The molecule has 6 aromatic rings. The predicted molar refractivity (Wildman–Crippen MR) is 126 cm³/mol. The van der Waals surface area contributed by atoms with Gasteiger partial charge >= 0.3 is 0 Å². The Labute approximate surface area is 212 Å². The standard InChI is InChI=1S/C24F6N6S2/c1-34-6(4-33)24-36-20-18(30)10-8-7-9(13(25)14(10)26)17(29)19-21(37-23(35-19)5(2-31)3-32)11(7)15(27)16(28)12(8)22(20)38-24/b24-6+. The lowest BCUT2D eigenvalue weighted by Crippen LogP contribution is -2.04. The van der Waals surface area contributed by atoms with Gasteiger partial charge in [0.05, 0.1) is 32.8 Å². The molecule has 2 aromatic heterocycles. The predicted octanol–water partition coefficient (Wildman–Crippen LogP) is 5.39. The molecular formula is C24F6N6S2. The summed E-state index contributed by atoms with van der Waals surface area (Å²) in [7, 11) is 0. The highest BCUT2D eigenvalue weighted by atomic mass is 32.1. The van der Waals surface area contributed by atoms with Gasteiger partial charge in [-0.2, -0.15) is 10.5 Å². The molecule has 2 heterocycles. The summed E-state index contributed by atoms with van der Waals surface area (Å²) in [4.78, 5) is 10.5. The van der Waals surface area contributed by atoms with E-state index in [0.29, 0.717) is 22.7 Å². The Morgan fingerprint density at radius 3 is 1.45 bits per heavy atom. The highest BCUT2D eigenvalue weighted by Gasteiger charge is 2.33. The Balaban J connectivity index is 2.06. The minimum absolute atomic E-state index is 0.371. The van der Waals surface area contributed by atoms with Crippen molar-refractivity contribution < 1.29 is 26.3 Å². The molecule has 0 N–H and O–H groups in total. The highest BCUT2D eigenvalue weighted by molar-refractivity contribution is 7.18. The van der Waals surface area contributed by atoms with Gasteiger partial charge in [0.1, 0.15) is 32.5 Å². The maximum Gasteiger partial charge on any atom is 0.296 e. The van der Waals surface area contributed by atoms with Crippen molar-refractivity contribution in [1.29, 1.82) is 15.8 Å². The van der Waals surface area contributed by atoms with Crippen LogP contribution in [0.15, 0.2) is 0 Å². The monoisotopic (exact) mass is 550 g/mol. The topological polar surface area (TPSA) is 102 Å². The van der Waals surface area contributed by atoms with Crippen LogP contribution in [0.25, 0.3) is 68.9 Å². The molecule has 0 saturated heterocycles. The molecule has 0 amide bonds. The van der Waals surface area contributed by atoms with E-state index in [0.717, 1.165) is 0 Å². The van der Waals surface area contributed by atoms with Crippen molar-refractivity contribution in [1.82, 2.24) is 9.97 Å². The van der Waals surface area contributed by atoms with E-state index in [4.69, 9.17) is 22.4 Å². The first-order valence-corrected chi connectivity index (χ1v) is 11.6. The summed E-state index contributed by atoms with van der Waals surface area (Å²) in [6, 6.07) is 4.58. The quantitative estimate of drug-likeness (QED) is 0.144. The average molecular weight is 550 g/mol. The van der Waals surface area contributed by atoms with E-state index in [1.165, 1.54) is 18.2 Å². The molecule has 0 aliphatic carbocycles. The molecule has 38 heavy (non-hydrogen) atoms. The molecule has 0 atom stereocenters. The summed E-state index contributed by atoms with van der Waals surface area (Å²) in [6.45, 7) is 7.08. The second kappa shape index (κ2) is 7.74. The maximum atomic E-state index is 15.7. The van der Waals surface area contributed by atoms with Gasteiger partial charge in [-0.1, -0.05) is 0 Å². The number of thiazole rings is 2. The zero-order valence-electron chi connectivity index (χ0n) is 17.8. The van der Waals surface area contributed by atoms with Gasteiger partial charge in [0.2, 0.25) is 0 Å². The van der Waals surface area contributed by atoms with E-state index in [2.05, 4.69) is 14.8 Å². The summed E-state index contributed by atoms with van der Waals surface area (Å²) < 4.78 is 91.9. The van der Waals surface area contributed by atoms with Crippen molar-refractivity contribution in [3.8, 4) is 18.2 Å². The van der Waals surface area contributed by atoms with Gasteiger partial charge in [0.15, 0.2) is 40.5 Å². The minimum atomic E-state index is -1.91. The van der Waals surface area contributed by atoms with Crippen LogP contribution in [-0.2, 0) is 0 Å². The fourth-order valence-electron chi connectivity index (χ4n) is 4.43. The lowest BCUT2D eigenvalue weighted by molar-refractivity contribution is 0.514. The fourth-order valence-corrected chi connectivity index (χ4v) is 6.52. The SMILES string of the molecule is [C-]#[N+]/C(C#N)=c1\nc2c(F)c3c(F)c(F)c4c(F)c5nc(=C(C#N)C#N)sc5c5c(F)c(F)c(c2s1)c3c45. The Morgan fingerprint density at radius 1 is 0.605 bits per heavy atom. The number of hydrogen-bond acceptors (Lipinski definition) is 7. The van der Waals surface area contributed by atoms with Crippen LogP contribution in [0.5, 0.6) is 0 Å². The van der Waals surface area contributed by atoms with Crippen LogP contribution in [0.4, 0.5) is 26.3 Å². The molecule has 6 nitrogen and oxygen atoms in total. The minimum Gasteiger partial charge on any atom is -0.244 e. The number of aromatic nitrogens is 2. The second-order valence-electron chi connectivity index (χ2n) is 7.70. The molecule has 0 spiro atoms. The summed E-state index contributed by atoms with van der Waals surface area (Å²) >= 11 is 0.894. The Hall–Kier alpha value is -5.02. The van der Waals surface area contributed by atoms with Crippen LogP contribution < -0.4 is 9.33 Å². The molecular weight excluding hydrogens is 550 g/mol. The molecule has 0 bridgehead atoms. The number of fused-ring (bicyclic) bond motifs is 4. The second-order valence-corrected chi connectivity index (χ2v) is 9.70. The van der Waals surface area contributed by atoms with Crippen LogP contribution in [0.1, 0.15) is 0 Å². The lowest BCUT2D eigenvalue weighted by atomic mass is 9.91. The zero-order valence-corrected chi connectivity index (χ0v) is 19.4. The van der Waals surface area contributed by atoms with E-state index in [-0.39, 0.29) is 9.33 Å². The summed E-state index contributed by atoms with van der Waals surface area (Å²) in [5, 5.41) is 22.3. The van der Waals surface area contributed by atoms with Gasteiger partial charge in [0.25, 0.3) is 5.70 Å². The fraction of sp³-hybridized carbons (Fsp3) is 0. The number of nitriles is 3. The number of nitrogens with zero attached hydrogens (tertiary/aromatic N) is 6. The Morgan fingerprint density at radius 2 is 1.03 bits per heavy atom. The third-order valence-electron chi connectivity index (χ3n) is 5.93. The van der Waals surface area contributed by atoms with Crippen molar-refractivity contribution in [2.24, 2.45) is 0 Å². The van der Waals surface area contributed by atoms with Gasteiger partial charge in [-0.05, 0) is 0 Å². The first-order valence-electron chi connectivity index (χ1n) is 9.96. The van der Waals surface area contributed by atoms with Crippen LogP contribution in [-0.4, -0.2) is 9.97 Å². The molecule has 0 radical (unpaired) electrons. The van der Waals surface area contributed by atoms with E-state index in [1.807, 2.05) is 0 Å². The molecule has 0 fully saturated rings. The number of rotatable bonds is 0. The van der Waals surface area contributed by atoms with Crippen LogP contribution >= 0.6 is 22.7 Å². The highest BCUT2D eigenvalue weighted by Crippen LogP contribution is 2.48. The van der Waals surface area contributed by atoms with E-state index in [1.54, 1.807) is 0 Å². The zero-order chi connectivity index (χ0) is 27.2. The van der Waals surface area contributed by atoms with Crippen molar-refractivity contribution in [2.75, 3.05) is 0 Å². The van der Waals surface area contributed by atoms with E-state index in [9.17, 15) is 0 Å². The number of benzene rings is 4. The summed E-state index contributed by atoms with van der Waals surface area (Å²) in [5.74, 6) is -10.1. The molecule has 0 saturated carbocycles. The van der Waals surface area contributed by atoms with Crippen LogP contribution in [0, 0.1) is 75.5 Å². The van der Waals surface area contributed by atoms with E-state index >= 15 is 26.3 Å². The van der Waals surface area contributed by atoms with Gasteiger partial charge in [0, 0.05) is 21.5 Å². The largest absolute Gasteiger partial charge is 0.296 e. The van der Waals surface area contributed by atoms with Crippen LogP contribution in [0.3, 0.4) is 0 Å². The first kappa shape index (κ1) is 23.4. The van der Waals surface area contributed by atoms with Crippen molar-refractivity contribution in [3.63, 3.8) is 0 Å². The Kier molecular flexibility index (Phi) is 4.76. The molecule has 4 aromatic carbocycles. The van der Waals surface area contributed by atoms with Gasteiger partial charge < -0.3 is 0 Å². The molecule has 14 heteroatoms. The lowest BCUT2D eigenvalue weighted by Gasteiger charge is -2.16. The van der Waals surface area contributed by atoms with Gasteiger partial charge in [-0.15, -0.1) is 22.7 Å². The smallest absolute Gasteiger partial charge is 0.244 e. The third-order valence-corrected chi connectivity index (χ3v) is 8.10. The van der Waals surface area contributed by atoms with Crippen molar-refractivity contribution in [2.45, 2.75) is 0 Å². The maximum absolute atomic E-state index is 15.7. The Bertz CT molecular complexity index is 2210. The summed E-state index contributed by atoms with van der Waals surface area (Å²) in [5.41, 5.74) is -2.68. The van der Waals surface area contributed by atoms with Gasteiger partial charge in [-0.3, -0.25) is 0 Å². The molecule has 6 rings (SSSR count). The number of halogens is 6.